The number of ether oxygens (including phenoxy) is 1. The molecule has 0 radical (unpaired) electrons. The van der Waals surface area contributed by atoms with E-state index in [9.17, 15) is 12.8 Å². The first-order chi connectivity index (χ1) is 10.9. The van der Waals surface area contributed by atoms with Crippen LogP contribution in [0.15, 0.2) is 41.4 Å². The summed E-state index contributed by atoms with van der Waals surface area (Å²) >= 11 is 0. The Hall–Kier alpha value is -2.19. The van der Waals surface area contributed by atoms with Crippen molar-refractivity contribution in [3.8, 4) is 0 Å². The lowest BCUT2D eigenvalue weighted by Crippen LogP contribution is -2.15. The van der Waals surface area contributed by atoms with Crippen molar-refractivity contribution in [3.05, 3.63) is 47.9 Å². The zero-order valence-electron chi connectivity index (χ0n) is 12.8. The summed E-state index contributed by atoms with van der Waals surface area (Å²) in [5, 5.41) is 3.03. The number of hydrogen-bond donors (Lipinski definition) is 2. The number of pyridine rings is 1. The van der Waals surface area contributed by atoms with E-state index >= 15 is 0 Å². The monoisotopic (exact) mass is 339 g/mol. The van der Waals surface area contributed by atoms with Crippen LogP contribution < -0.4 is 10.0 Å². The van der Waals surface area contributed by atoms with Crippen molar-refractivity contribution in [1.29, 1.82) is 0 Å². The summed E-state index contributed by atoms with van der Waals surface area (Å²) in [5.41, 5.74) is 0.661. The minimum absolute atomic E-state index is 0.0289. The van der Waals surface area contributed by atoms with Crippen molar-refractivity contribution in [1.82, 2.24) is 4.98 Å². The minimum Gasteiger partial charge on any atom is -0.383 e. The predicted molar refractivity (Wildman–Crippen MR) is 86.5 cm³/mol. The van der Waals surface area contributed by atoms with E-state index in [2.05, 4.69) is 15.0 Å². The highest BCUT2D eigenvalue weighted by molar-refractivity contribution is 7.92. The second-order valence-corrected chi connectivity index (χ2v) is 6.52. The third-order valence-corrected chi connectivity index (χ3v) is 4.60. The molecule has 124 valence electrons. The van der Waals surface area contributed by atoms with Gasteiger partial charge in [0.2, 0.25) is 0 Å². The van der Waals surface area contributed by atoms with E-state index < -0.39 is 15.8 Å². The smallest absolute Gasteiger partial charge is 0.262 e. The molecule has 2 rings (SSSR count). The van der Waals surface area contributed by atoms with Crippen molar-refractivity contribution in [2.24, 2.45) is 0 Å². The number of methoxy groups -OCH3 is 1. The fourth-order valence-electron chi connectivity index (χ4n) is 1.96. The Kier molecular flexibility index (Phi) is 5.51. The Balaban J connectivity index is 2.11. The van der Waals surface area contributed by atoms with Gasteiger partial charge in [0, 0.05) is 13.7 Å². The maximum Gasteiger partial charge on any atom is 0.262 e. The summed E-state index contributed by atoms with van der Waals surface area (Å²) in [6.07, 6.45) is 1.41. The highest BCUT2D eigenvalue weighted by atomic mass is 32.2. The SMILES string of the molecule is COCCNc1ccc(NS(=O)(=O)c2ccc(F)cc2C)cn1. The normalized spacial score (nSPS) is 11.3. The molecule has 0 spiro atoms. The molecule has 1 aromatic heterocycles. The van der Waals surface area contributed by atoms with Crippen LogP contribution in [-0.2, 0) is 14.8 Å². The predicted octanol–water partition coefficient (Wildman–Crippen LogP) is 2.39. The summed E-state index contributed by atoms with van der Waals surface area (Å²) in [6, 6.07) is 6.78. The molecule has 0 atom stereocenters. The number of sulfonamides is 1. The molecule has 2 N–H and O–H groups in total. The fraction of sp³-hybridized carbons (Fsp3) is 0.267. The Morgan fingerprint density at radius 2 is 2.04 bits per heavy atom. The highest BCUT2D eigenvalue weighted by Crippen LogP contribution is 2.20. The summed E-state index contributed by atoms with van der Waals surface area (Å²) in [6.45, 7) is 2.68. The first kappa shape index (κ1) is 17.2. The van der Waals surface area contributed by atoms with Crippen molar-refractivity contribution >= 4 is 21.5 Å². The Morgan fingerprint density at radius 3 is 2.65 bits per heavy atom. The summed E-state index contributed by atoms with van der Waals surface area (Å²) < 4.78 is 45.1. The molecule has 0 aliphatic carbocycles. The van der Waals surface area contributed by atoms with Crippen molar-refractivity contribution < 1.29 is 17.5 Å². The molecule has 0 fully saturated rings. The van der Waals surface area contributed by atoms with Crippen molar-refractivity contribution in [3.63, 3.8) is 0 Å². The van der Waals surface area contributed by atoms with Crippen LogP contribution in [0.4, 0.5) is 15.9 Å². The van der Waals surface area contributed by atoms with Gasteiger partial charge < -0.3 is 10.1 Å². The van der Waals surface area contributed by atoms with E-state index in [0.29, 0.717) is 30.2 Å². The molecule has 8 heteroatoms. The lowest BCUT2D eigenvalue weighted by atomic mass is 10.2. The third kappa shape index (κ3) is 4.64. The van der Waals surface area contributed by atoms with Gasteiger partial charge in [0.15, 0.2) is 0 Å². The highest BCUT2D eigenvalue weighted by Gasteiger charge is 2.17. The number of nitrogens with zero attached hydrogens (tertiary/aromatic N) is 1. The second-order valence-electron chi connectivity index (χ2n) is 4.87. The summed E-state index contributed by atoms with van der Waals surface area (Å²) in [4.78, 5) is 4.14. The van der Waals surface area contributed by atoms with E-state index in [1.165, 1.54) is 18.3 Å². The molecule has 0 aliphatic rings. The van der Waals surface area contributed by atoms with Gasteiger partial charge in [-0.1, -0.05) is 0 Å². The van der Waals surface area contributed by atoms with Gasteiger partial charge in [-0.2, -0.15) is 0 Å². The van der Waals surface area contributed by atoms with Crippen LogP contribution in [0.3, 0.4) is 0 Å². The van der Waals surface area contributed by atoms with Crippen LogP contribution in [0.1, 0.15) is 5.56 Å². The average molecular weight is 339 g/mol. The van der Waals surface area contributed by atoms with E-state index in [1.807, 2.05) is 0 Å². The standard InChI is InChI=1S/C15H18FN3O3S/c1-11-9-12(16)3-5-14(11)23(20,21)19-13-4-6-15(18-10-13)17-7-8-22-2/h3-6,9-10,19H,7-8H2,1-2H3,(H,17,18). The zero-order chi connectivity index (χ0) is 16.9. The molecule has 0 unspecified atom stereocenters. The van der Waals surface area contributed by atoms with Crippen LogP contribution in [0, 0.1) is 12.7 Å². The fourth-order valence-corrected chi connectivity index (χ4v) is 3.24. The van der Waals surface area contributed by atoms with Crippen LogP contribution in [-0.4, -0.2) is 33.7 Å². The molecular weight excluding hydrogens is 321 g/mol. The van der Waals surface area contributed by atoms with Gasteiger partial charge in [-0.25, -0.2) is 17.8 Å². The number of halogens is 1. The molecule has 0 bridgehead atoms. The molecule has 0 saturated carbocycles. The number of anilines is 2. The third-order valence-electron chi connectivity index (χ3n) is 3.05. The zero-order valence-corrected chi connectivity index (χ0v) is 13.7. The summed E-state index contributed by atoms with van der Waals surface area (Å²) in [5.74, 6) is 0.137. The number of hydrogen-bond acceptors (Lipinski definition) is 5. The van der Waals surface area contributed by atoms with Crippen LogP contribution >= 0.6 is 0 Å². The molecule has 2 aromatic rings. The largest absolute Gasteiger partial charge is 0.383 e. The van der Waals surface area contributed by atoms with Gasteiger partial charge in [0.25, 0.3) is 10.0 Å². The van der Waals surface area contributed by atoms with E-state index in [1.54, 1.807) is 26.2 Å². The van der Waals surface area contributed by atoms with Gasteiger partial charge in [-0.05, 0) is 42.8 Å². The lowest BCUT2D eigenvalue weighted by molar-refractivity contribution is 0.210. The van der Waals surface area contributed by atoms with Crippen LogP contribution in [0.5, 0.6) is 0 Å². The lowest BCUT2D eigenvalue weighted by Gasteiger charge is -2.11. The maximum atomic E-state index is 13.1. The first-order valence-electron chi connectivity index (χ1n) is 6.90. The second kappa shape index (κ2) is 7.38. The van der Waals surface area contributed by atoms with Gasteiger partial charge >= 0.3 is 0 Å². The van der Waals surface area contributed by atoms with E-state index in [0.717, 1.165) is 6.07 Å². The van der Waals surface area contributed by atoms with E-state index in [-0.39, 0.29) is 4.90 Å². The number of aryl methyl sites for hydroxylation is 1. The van der Waals surface area contributed by atoms with Gasteiger partial charge in [-0.15, -0.1) is 0 Å². The molecule has 1 aromatic carbocycles. The molecule has 6 nitrogen and oxygen atoms in total. The quantitative estimate of drug-likeness (QED) is 0.757. The Labute approximate surface area is 134 Å². The Morgan fingerprint density at radius 1 is 1.26 bits per heavy atom. The van der Waals surface area contributed by atoms with Gasteiger partial charge in [0.05, 0.1) is 23.4 Å². The number of nitrogens with one attached hydrogen (secondary N) is 2. The van der Waals surface area contributed by atoms with Gasteiger partial charge in [-0.3, -0.25) is 4.72 Å². The minimum atomic E-state index is -3.79. The van der Waals surface area contributed by atoms with E-state index in [4.69, 9.17) is 4.74 Å². The van der Waals surface area contributed by atoms with Crippen LogP contribution in [0.25, 0.3) is 0 Å². The maximum absolute atomic E-state index is 13.1. The van der Waals surface area contributed by atoms with Crippen LogP contribution in [0.2, 0.25) is 0 Å². The average Bonchev–Trinajstić information content (AvgIpc) is 2.48. The molecule has 0 amide bonds. The molecule has 0 aliphatic heterocycles. The molecule has 1 heterocycles. The number of rotatable bonds is 7. The topological polar surface area (TPSA) is 80.3 Å². The summed E-state index contributed by atoms with van der Waals surface area (Å²) in [7, 11) is -2.19. The molecular formula is C15H18FN3O3S. The first-order valence-corrected chi connectivity index (χ1v) is 8.38. The molecule has 23 heavy (non-hydrogen) atoms. The van der Waals surface area contributed by atoms with Crippen molar-refractivity contribution in [2.45, 2.75) is 11.8 Å². The molecule has 0 saturated heterocycles. The Bertz CT molecular complexity index is 764. The van der Waals surface area contributed by atoms with Gasteiger partial charge in [0.1, 0.15) is 11.6 Å². The number of aromatic nitrogens is 1. The van der Waals surface area contributed by atoms with Crippen molar-refractivity contribution in [2.75, 3.05) is 30.3 Å². The number of benzene rings is 1.